The van der Waals surface area contributed by atoms with Gasteiger partial charge in [0, 0.05) is 11.8 Å². The van der Waals surface area contributed by atoms with Gasteiger partial charge in [-0.1, -0.05) is 18.2 Å². The van der Waals surface area contributed by atoms with E-state index in [-0.39, 0.29) is 29.9 Å². The minimum Gasteiger partial charge on any atom is -0.497 e. The van der Waals surface area contributed by atoms with Gasteiger partial charge in [-0.3, -0.25) is 0 Å². The number of benzene rings is 2. The van der Waals surface area contributed by atoms with Crippen molar-refractivity contribution in [1.82, 2.24) is 15.0 Å². The molecule has 0 spiro atoms. The van der Waals surface area contributed by atoms with Crippen molar-refractivity contribution in [2.75, 3.05) is 18.2 Å². The summed E-state index contributed by atoms with van der Waals surface area (Å²) in [6, 6.07) is 13.1. The molecule has 0 bridgehead atoms. The fraction of sp³-hybridized carbons (Fsp3) is 0.111. The maximum atomic E-state index is 13.9. The Hall–Kier alpha value is -3.75. The molecule has 0 fully saturated rings. The molecular formula is C18H16FN5O3. The quantitative estimate of drug-likeness (QED) is 0.638. The number of para-hydroxylation sites is 1. The number of methoxy groups -OCH3 is 1. The van der Waals surface area contributed by atoms with Crippen molar-refractivity contribution in [3.63, 3.8) is 0 Å². The van der Waals surface area contributed by atoms with E-state index in [2.05, 4.69) is 20.3 Å². The number of nitrogens with two attached hydrogens (primary N) is 1. The molecule has 0 aliphatic rings. The number of hydrogen-bond acceptors (Lipinski definition) is 8. The molecule has 0 aliphatic heterocycles. The lowest BCUT2D eigenvalue weighted by atomic mass is 10.2. The van der Waals surface area contributed by atoms with E-state index in [1.165, 1.54) is 19.2 Å². The lowest BCUT2D eigenvalue weighted by Crippen LogP contribution is -2.12. The van der Waals surface area contributed by atoms with Crippen LogP contribution in [0.2, 0.25) is 0 Å². The highest BCUT2D eigenvalue weighted by Gasteiger charge is 2.15. The van der Waals surface area contributed by atoms with Crippen molar-refractivity contribution >= 4 is 23.6 Å². The van der Waals surface area contributed by atoms with E-state index < -0.39 is 11.8 Å². The molecule has 1 heterocycles. The zero-order valence-corrected chi connectivity index (χ0v) is 14.3. The topological polar surface area (TPSA) is 112 Å². The fourth-order valence-corrected chi connectivity index (χ4v) is 2.21. The summed E-state index contributed by atoms with van der Waals surface area (Å²) >= 11 is 0. The lowest BCUT2D eigenvalue weighted by molar-refractivity contribution is 0.0456. The van der Waals surface area contributed by atoms with Crippen LogP contribution in [0, 0.1) is 5.82 Å². The first-order valence-electron chi connectivity index (χ1n) is 7.88. The predicted octanol–water partition coefficient (Wildman–Crippen LogP) is 2.70. The number of aromatic nitrogens is 3. The predicted molar refractivity (Wildman–Crippen MR) is 96.0 cm³/mol. The second-order valence-electron chi connectivity index (χ2n) is 5.35. The molecule has 0 radical (unpaired) electrons. The number of esters is 1. The molecule has 3 N–H and O–H groups in total. The number of halogens is 1. The van der Waals surface area contributed by atoms with E-state index in [4.69, 9.17) is 15.2 Å². The maximum Gasteiger partial charge on any atom is 0.341 e. The summed E-state index contributed by atoms with van der Waals surface area (Å²) in [4.78, 5) is 24.1. The van der Waals surface area contributed by atoms with Crippen molar-refractivity contribution in [1.29, 1.82) is 0 Å². The highest BCUT2D eigenvalue weighted by Crippen LogP contribution is 2.18. The van der Waals surface area contributed by atoms with Gasteiger partial charge in [0.15, 0.2) is 12.4 Å². The van der Waals surface area contributed by atoms with Gasteiger partial charge in [-0.25, -0.2) is 9.18 Å². The van der Waals surface area contributed by atoms with E-state index in [1.807, 2.05) is 30.3 Å². The normalized spacial score (nSPS) is 10.3. The molecule has 0 amide bonds. The standard InChI is InChI=1S/C18H16FN5O3/c1-26-12-7-8-13(14(19)9-12)16(25)27-10-15-22-17(20)24-18(23-15)21-11-5-3-2-4-6-11/h2-9H,10H2,1H3,(H3,20,21,22,23,24). The molecule has 0 atom stereocenters. The number of carbonyl (C=O) groups is 1. The van der Waals surface area contributed by atoms with E-state index in [0.717, 1.165) is 11.8 Å². The molecule has 0 saturated heterocycles. The summed E-state index contributed by atoms with van der Waals surface area (Å²) in [5.74, 6) is -1.01. The van der Waals surface area contributed by atoms with Crippen LogP contribution in [0.3, 0.4) is 0 Å². The van der Waals surface area contributed by atoms with Gasteiger partial charge in [0.25, 0.3) is 0 Å². The zero-order valence-electron chi connectivity index (χ0n) is 14.3. The molecule has 138 valence electrons. The molecule has 9 heteroatoms. The summed E-state index contributed by atoms with van der Waals surface area (Å²) in [6.45, 7) is -0.291. The average Bonchev–Trinajstić information content (AvgIpc) is 2.66. The third kappa shape index (κ3) is 4.66. The molecule has 0 unspecified atom stereocenters. The van der Waals surface area contributed by atoms with Crippen molar-refractivity contribution in [2.45, 2.75) is 6.61 Å². The smallest absolute Gasteiger partial charge is 0.341 e. The molecule has 27 heavy (non-hydrogen) atoms. The Morgan fingerprint density at radius 3 is 2.63 bits per heavy atom. The summed E-state index contributed by atoms with van der Waals surface area (Å²) < 4.78 is 23.9. The molecule has 3 rings (SSSR count). The Labute approximate surface area is 154 Å². The molecule has 0 saturated carbocycles. The second kappa shape index (κ2) is 8.09. The van der Waals surface area contributed by atoms with Crippen LogP contribution >= 0.6 is 0 Å². The summed E-state index contributed by atoms with van der Waals surface area (Å²) in [5, 5.41) is 2.97. The van der Waals surface area contributed by atoms with Crippen molar-refractivity contribution in [2.24, 2.45) is 0 Å². The average molecular weight is 369 g/mol. The SMILES string of the molecule is COc1ccc(C(=O)OCc2nc(N)nc(Nc3ccccc3)n2)c(F)c1. The minimum atomic E-state index is -0.855. The molecule has 2 aromatic carbocycles. The van der Waals surface area contributed by atoms with E-state index in [1.54, 1.807) is 0 Å². The van der Waals surface area contributed by atoms with Crippen LogP contribution in [-0.2, 0) is 11.3 Å². The Kier molecular flexibility index (Phi) is 5.41. The first-order valence-corrected chi connectivity index (χ1v) is 7.88. The molecule has 1 aromatic heterocycles. The number of rotatable bonds is 6. The number of nitrogens with one attached hydrogen (secondary N) is 1. The van der Waals surface area contributed by atoms with Crippen LogP contribution in [0.15, 0.2) is 48.5 Å². The van der Waals surface area contributed by atoms with E-state index in [0.29, 0.717) is 5.75 Å². The highest BCUT2D eigenvalue weighted by atomic mass is 19.1. The maximum absolute atomic E-state index is 13.9. The van der Waals surface area contributed by atoms with Gasteiger partial charge in [-0.2, -0.15) is 15.0 Å². The zero-order chi connectivity index (χ0) is 19.2. The third-order valence-corrected chi connectivity index (χ3v) is 3.46. The highest BCUT2D eigenvalue weighted by molar-refractivity contribution is 5.89. The van der Waals surface area contributed by atoms with Crippen molar-refractivity contribution in [3.05, 3.63) is 65.7 Å². The lowest BCUT2D eigenvalue weighted by Gasteiger charge is -2.09. The van der Waals surface area contributed by atoms with Crippen LogP contribution in [0.4, 0.5) is 22.0 Å². The van der Waals surface area contributed by atoms with Crippen LogP contribution in [-0.4, -0.2) is 28.0 Å². The third-order valence-electron chi connectivity index (χ3n) is 3.46. The Morgan fingerprint density at radius 1 is 1.15 bits per heavy atom. The number of ether oxygens (including phenoxy) is 2. The summed E-state index contributed by atoms with van der Waals surface area (Å²) in [6.07, 6.45) is 0. The summed E-state index contributed by atoms with van der Waals surface area (Å²) in [7, 11) is 1.40. The Morgan fingerprint density at radius 2 is 1.93 bits per heavy atom. The van der Waals surface area contributed by atoms with E-state index in [9.17, 15) is 9.18 Å². The second-order valence-corrected chi connectivity index (χ2v) is 5.35. The van der Waals surface area contributed by atoms with Gasteiger partial charge in [0.2, 0.25) is 11.9 Å². The first kappa shape index (κ1) is 18.1. The summed E-state index contributed by atoms with van der Waals surface area (Å²) in [5.41, 5.74) is 6.20. The molecule has 3 aromatic rings. The Balaban J connectivity index is 1.69. The van der Waals surface area contributed by atoms with Crippen LogP contribution in [0.1, 0.15) is 16.2 Å². The van der Waals surface area contributed by atoms with Crippen LogP contribution in [0.5, 0.6) is 5.75 Å². The molecule has 0 aliphatic carbocycles. The number of nitrogen functional groups attached to an aromatic ring is 1. The Bertz CT molecular complexity index is 953. The minimum absolute atomic E-state index is 0.0369. The monoisotopic (exact) mass is 369 g/mol. The van der Waals surface area contributed by atoms with Gasteiger partial charge in [-0.15, -0.1) is 0 Å². The number of carbonyl (C=O) groups excluding carboxylic acids is 1. The van der Waals surface area contributed by atoms with Gasteiger partial charge in [-0.05, 0) is 24.3 Å². The fourth-order valence-electron chi connectivity index (χ4n) is 2.21. The van der Waals surface area contributed by atoms with Gasteiger partial charge < -0.3 is 20.5 Å². The van der Waals surface area contributed by atoms with Crippen molar-refractivity contribution in [3.8, 4) is 5.75 Å². The molecular weight excluding hydrogens is 353 g/mol. The van der Waals surface area contributed by atoms with Crippen LogP contribution < -0.4 is 15.8 Å². The first-order chi connectivity index (χ1) is 13.0. The van der Waals surface area contributed by atoms with E-state index >= 15 is 0 Å². The number of hydrogen-bond donors (Lipinski definition) is 2. The number of nitrogens with zero attached hydrogens (tertiary/aromatic N) is 3. The van der Waals surface area contributed by atoms with Gasteiger partial charge in [0.05, 0.1) is 12.7 Å². The van der Waals surface area contributed by atoms with Crippen molar-refractivity contribution < 1.29 is 18.7 Å². The number of anilines is 3. The van der Waals surface area contributed by atoms with Gasteiger partial charge >= 0.3 is 5.97 Å². The van der Waals surface area contributed by atoms with Crippen LogP contribution in [0.25, 0.3) is 0 Å². The van der Waals surface area contributed by atoms with Gasteiger partial charge in [0.1, 0.15) is 11.6 Å². The largest absolute Gasteiger partial charge is 0.497 e. The molecule has 8 nitrogen and oxygen atoms in total.